The van der Waals surface area contributed by atoms with E-state index in [1.54, 1.807) is 39.3 Å². The third-order valence-corrected chi connectivity index (χ3v) is 14.8. The molecule has 1 unspecified atom stereocenters. The maximum atomic E-state index is 15.0. The summed E-state index contributed by atoms with van der Waals surface area (Å²) in [5.41, 5.74) is 2.28. The minimum atomic E-state index is -6.06. The van der Waals surface area contributed by atoms with Crippen molar-refractivity contribution < 1.29 is 64.8 Å². The summed E-state index contributed by atoms with van der Waals surface area (Å²) >= 11 is 7.66. The van der Waals surface area contributed by atoms with Crippen molar-refractivity contribution in [2.45, 2.75) is 123 Å². The van der Waals surface area contributed by atoms with Gasteiger partial charge in [0.05, 0.1) is 38.8 Å². The zero-order valence-electron chi connectivity index (χ0n) is 42.1. The highest BCUT2D eigenvalue weighted by atomic mass is 35.5. The molecule has 74 heavy (non-hydrogen) atoms. The molecular formula is C52H59ClF6N6O8S. The van der Waals surface area contributed by atoms with Crippen molar-refractivity contribution in [1.29, 1.82) is 5.26 Å². The van der Waals surface area contributed by atoms with Gasteiger partial charge in [0.1, 0.15) is 49.0 Å². The van der Waals surface area contributed by atoms with Crippen LogP contribution >= 0.6 is 22.9 Å². The van der Waals surface area contributed by atoms with E-state index in [-0.39, 0.29) is 29.1 Å². The van der Waals surface area contributed by atoms with Gasteiger partial charge in [0.2, 0.25) is 17.7 Å². The number of benzene rings is 3. The third kappa shape index (κ3) is 12.1. The highest BCUT2D eigenvalue weighted by Crippen LogP contribution is 2.56. The molecule has 0 radical (unpaired) electrons. The predicted octanol–water partition coefficient (Wildman–Crippen LogP) is 8.93. The summed E-state index contributed by atoms with van der Waals surface area (Å²) in [4.78, 5) is 60.3. The lowest BCUT2D eigenvalue weighted by Crippen LogP contribution is -2.74. The number of hydrogen-bond donors (Lipinski definition) is 4. The number of alkyl halides is 6. The van der Waals surface area contributed by atoms with Crippen LogP contribution < -0.4 is 25.4 Å². The van der Waals surface area contributed by atoms with Crippen LogP contribution in [0.25, 0.3) is 10.4 Å². The minimum absolute atomic E-state index is 0.0448. The van der Waals surface area contributed by atoms with Crippen LogP contribution in [0.3, 0.4) is 0 Å². The standard InChI is InChI=1S/C52H59ClF6N6O8S/c1-28(30-10-12-31(13-11-30)40-29(2)61-27-74-40)62-43(69)38-20-34(66)23-65(38)44(70)41(47(3,4)5)63-39(67)24-71-25-50(54,55)52(58,59)51(56,57)26-72-35-17-14-32(15-18-35)42(68)64-45-48(6,7)46(49(45,8)9)73-36-19-16-33(22-60)37(53)21-36/h10-19,21,27-28,34,38,41,45-46,66H,20,23-26H2,1-9H3,(H,62,69)(H,63,67)(H,64,68)/t28-,34+,38-,41?,45?,46?/m0/s1. The molecule has 2 heterocycles. The average molecular weight is 1080 g/mol. The highest BCUT2D eigenvalue weighted by Gasteiger charge is 2.72. The number of nitrogens with zero attached hydrogens (tertiary/aromatic N) is 3. The maximum Gasteiger partial charge on any atom is 0.377 e. The molecule has 400 valence electrons. The van der Waals surface area contributed by atoms with E-state index in [1.165, 1.54) is 35.6 Å². The monoisotopic (exact) mass is 1080 g/mol. The van der Waals surface area contributed by atoms with E-state index >= 15 is 0 Å². The Morgan fingerprint density at radius 3 is 2.09 bits per heavy atom. The number of β-amino-alcohol motifs (C(OH)–C–C–N with tert-alkyl or cyclic N) is 1. The van der Waals surface area contributed by atoms with Gasteiger partial charge in [-0.15, -0.1) is 11.3 Å². The van der Waals surface area contributed by atoms with Gasteiger partial charge in [-0.3, -0.25) is 19.2 Å². The van der Waals surface area contributed by atoms with Gasteiger partial charge in [-0.25, -0.2) is 4.98 Å². The number of aryl methyl sites for hydroxylation is 1. The van der Waals surface area contributed by atoms with Gasteiger partial charge in [0.25, 0.3) is 5.91 Å². The summed E-state index contributed by atoms with van der Waals surface area (Å²) in [5.74, 6) is -20.3. The van der Waals surface area contributed by atoms with Crippen molar-refractivity contribution in [2.75, 3.05) is 26.4 Å². The molecule has 1 aromatic heterocycles. The normalized spacial score (nSPS) is 20.4. The number of halogens is 7. The van der Waals surface area contributed by atoms with Gasteiger partial charge >= 0.3 is 17.8 Å². The van der Waals surface area contributed by atoms with Gasteiger partial charge < -0.3 is 40.2 Å². The molecule has 1 saturated carbocycles. The van der Waals surface area contributed by atoms with Crippen LogP contribution in [0.5, 0.6) is 11.5 Å². The second-order valence-corrected chi connectivity index (χ2v) is 22.2. The van der Waals surface area contributed by atoms with Crippen LogP contribution in [-0.4, -0.2) is 113 Å². The van der Waals surface area contributed by atoms with Crippen LogP contribution in [0.1, 0.15) is 95.0 Å². The number of thiazole rings is 1. The molecule has 6 rings (SSSR count). The fraction of sp³-hybridized carbons (Fsp3) is 0.500. The summed E-state index contributed by atoms with van der Waals surface area (Å²) in [6.45, 7) is 9.60. The van der Waals surface area contributed by atoms with Crippen LogP contribution in [0, 0.1) is 34.5 Å². The molecule has 2 aliphatic rings. The Morgan fingerprint density at radius 2 is 1.53 bits per heavy atom. The molecule has 4 atom stereocenters. The molecule has 4 aromatic rings. The number of hydrogen-bond acceptors (Lipinski definition) is 11. The fourth-order valence-electron chi connectivity index (χ4n) is 9.63. The summed E-state index contributed by atoms with van der Waals surface area (Å²) in [7, 11) is 0. The number of nitriles is 1. The first-order valence-corrected chi connectivity index (χ1v) is 24.8. The van der Waals surface area contributed by atoms with E-state index in [2.05, 4.69) is 25.7 Å². The highest BCUT2D eigenvalue weighted by molar-refractivity contribution is 7.13. The van der Waals surface area contributed by atoms with Crippen LogP contribution in [0.15, 0.2) is 72.2 Å². The Labute approximate surface area is 434 Å². The Balaban J connectivity index is 0.989. The molecule has 4 N–H and O–H groups in total. The lowest BCUT2D eigenvalue weighted by molar-refractivity contribution is -0.324. The molecule has 0 bridgehead atoms. The van der Waals surface area contributed by atoms with E-state index in [0.717, 1.165) is 38.7 Å². The average Bonchev–Trinajstić information content (AvgIpc) is 3.95. The van der Waals surface area contributed by atoms with Crippen LogP contribution in [0.4, 0.5) is 26.3 Å². The number of likely N-dealkylation sites (tertiary alicyclic amines) is 1. The summed E-state index contributed by atoms with van der Waals surface area (Å²) in [5, 5.41) is 28.1. The Kier molecular flexibility index (Phi) is 16.8. The Hall–Kier alpha value is -5.95. The molecule has 1 aliphatic carbocycles. The lowest BCUT2D eigenvalue weighted by Gasteiger charge is -2.63. The van der Waals surface area contributed by atoms with Crippen LogP contribution in [-0.2, 0) is 19.1 Å². The van der Waals surface area contributed by atoms with Crippen molar-refractivity contribution in [3.63, 3.8) is 0 Å². The van der Waals surface area contributed by atoms with Crippen molar-refractivity contribution in [3.05, 3.63) is 99.6 Å². The van der Waals surface area contributed by atoms with E-state index in [1.807, 2.05) is 65.0 Å². The smallest absolute Gasteiger partial charge is 0.377 e. The van der Waals surface area contributed by atoms with Crippen molar-refractivity contribution in [3.8, 4) is 28.0 Å². The zero-order valence-corrected chi connectivity index (χ0v) is 43.7. The molecule has 1 aliphatic heterocycles. The summed E-state index contributed by atoms with van der Waals surface area (Å²) in [6, 6.07) is 14.9. The lowest BCUT2D eigenvalue weighted by atomic mass is 9.49. The summed E-state index contributed by atoms with van der Waals surface area (Å²) < 4.78 is 105. The number of aliphatic hydroxyl groups excluding tert-OH is 1. The number of nitrogens with one attached hydrogen (secondary N) is 3. The first-order valence-electron chi connectivity index (χ1n) is 23.5. The second kappa shape index (κ2) is 21.7. The largest absolute Gasteiger partial charge is 0.489 e. The van der Waals surface area contributed by atoms with Crippen molar-refractivity contribution in [2.24, 2.45) is 16.2 Å². The van der Waals surface area contributed by atoms with E-state index in [0.29, 0.717) is 5.75 Å². The first-order chi connectivity index (χ1) is 34.3. The van der Waals surface area contributed by atoms with Gasteiger partial charge in [-0.2, -0.15) is 31.6 Å². The zero-order chi connectivity index (χ0) is 54.9. The molecular weight excluding hydrogens is 1020 g/mol. The quantitative estimate of drug-likeness (QED) is 0.0660. The molecule has 14 nitrogen and oxygen atoms in total. The number of aromatic nitrogens is 1. The number of rotatable bonds is 19. The topological polar surface area (TPSA) is 192 Å². The molecule has 1 saturated heterocycles. The predicted molar refractivity (Wildman–Crippen MR) is 263 cm³/mol. The maximum absolute atomic E-state index is 15.0. The molecule has 22 heteroatoms. The number of amides is 4. The fourth-order valence-corrected chi connectivity index (χ4v) is 10.6. The molecule has 2 fully saturated rings. The van der Waals surface area contributed by atoms with E-state index in [9.17, 15) is 55.9 Å². The van der Waals surface area contributed by atoms with E-state index < -0.39 is 120 Å². The number of aliphatic hydroxyl groups is 1. The molecule has 4 amide bonds. The SMILES string of the molecule is Cc1ncsc1-c1ccc([C@H](C)NC(=O)[C@@H]2C[C@@H](O)CN2C(=O)C(NC(=O)COCC(F)(F)C(F)(F)C(F)(F)COc2ccc(C(=O)NC3C(C)(C)C(Oc4ccc(C#N)c(Cl)c4)C3(C)C)cc2)C(C)(C)C)cc1. The van der Waals surface area contributed by atoms with Gasteiger partial charge in [-0.1, -0.05) is 84.3 Å². The number of ether oxygens (including phenoxy) is 3. The second-order valence-electron chi connectivity index (χ2n) is 21.0. The van der Waals surface area contributed by atoms with Crippen molar-refractivity contribution in [1.82, 2.24) is 25.8 Å². The Bertz CT molecular complexity index is 2730. The molecule has 0 spiro atoms. The minimum Gasteiger partial charge on any atom is -0.489 e. The van der Waals surface area contributed by atoms with Gasteiger partial charge in [0.15, 0.2) is 6.61 Å². The number of carbonyl (C=O) groups is 4. The van der Waals surface area contributed by atoms with Gasteiger partial charge in [0, 0.05) is 41.5 Å². The van der Waals surface area contributed by atoms with E-state index in [4.69, 9.17) is 21.1 Å². The summed E-state index contributed by atoms with van der Waals surface area (Å²) in [6.07, 6.45) is -1.67. The van der Waals surface area contributed by atoms with Crippen molar-refractivity contribution >= 4 is 46.6 Å². The van der Waals surface area contributed by atoms with Crippen LogP contribution in [0.2, 0.25) is 5.02 Å². The Morgan fingerprint density at radius 1 is 0.919 bits per heavy atom. The third-order valence-electron chi connectivity index (χ3n) is 13.5. The first kappa shape index (κ1) is 57.3. The molecule has 3 aromatic carbocycles. The van der Waals surface area contributed by atoms with Gasteiger partial charge in [-0.05, 0) is 66.8 Å². The number of carbonyl (C=O) groups excluding carboxylic acids is 4.